The maximum absolute atomic E-state index is 12.3. The van der Waals surface area contributed by atoms with Crippen LogP contribution in [0.2, 0.25) is 5.02 Å². The predicted octanol–water partition coefficient (Wildman–Crippen LogP) is 2.40. The van der Waals surface area contributed by atoms with Crippen LogP contribution in [-0.4, -0.2) is 34.3 Å². The Labute approximate surface area is 134 Å². The molecule has 0 aliphatic carbocycles. The number of piperidine rings is 1. The second-order valence-electron chi connectivity index (χ2n) is 5.59. The number of amides is 1. The lowest BCUT2D eigenvalue weighted by atomic mass is 10.00. The second-order valence-corrected chi connectivity index (χ2v) is 6.03. The van der Waals surface area contributed by atoms with E-state index in [9.17, 15) is 4.79 Å². The van der Waals surface area contributed by atoms with Crippen molar-refractivity contribution in [3.05, 3.63) is 47.2 Å². The molecule has 0 saturated carbocycles. The fraction of sp³-hybridized carbons (Fsp3) is 0.375. The average Bonchev–Trinajstić information content (AvgIpc) is 2.99. The van der Waals surface area contributed by atoms with Crippen LogP contribution in [0.5, 0.6) is 0 Å². The third-order valence-electron chi connectivity index (χ3n) is 3.97. The van der Waals surface area contributed by atoms with Gasteiger partial charge in [-0.1, -0.05) is 17.7 Å². The first-order chi connectivity index (χ1) is 10.6. The Hall–Kier alpha value is -1.85. The van der Waals surface area contributed by atoms with Crippen molar-refractivity contribution in [2.45, 2.75) is 31.8 Å². The van der Waals surface area contributed by atoms with E-state index in [1.54, 1.807) is 23.0 Å². The number of rotatable bonds is 3. The summed E-state index contributed by atoms with van der Waals surface area (Å²) in [6.07, 6.45) is 3.84. The highest BCUT2D eigenvalue weighted by molar-refractivity contribution is 6.30. The van der Waals surface area contributed by atoms with Crippen molar-refractivity contribution in [1.29, 1.82) is 0 Å². The first-order valence-electron chi connectivity index (χ1n) is 7.49. The SMILES string of the molecule is CC1NCCCC1NC(=O)c1ccn(-c2cccc(Cl)c2)n1. The number of nitrogens with zero attached hydrogens (tertiary/aromatic N) is 2. The van der Waals surface area contributed by atoms with Crippen LogP contribution in [0.3, 0.4) is 0 Å². The molecule has 2 heterocycles. The van der Waals surface area contributed by atoms with E-state index in [1.807, 2.05) is 18.2 Å². The van der Waals surface area contributed by atoms with Gasteiger partial charge in [-0.2, -0.15) is 5.10 Å². The van der Waals surface area contributed by atoms with Crippen LogP contribution in [-0.2, 0) is 0 Å². The Bertz CT molecular complexity index is 670. The number of hydrogen-bond donors (Lipinski definition) is 2. The Morgan fingerprint density at radius 2 is 2.32 bits per heavy atom. The van der Waals surface area contributed by atoms with E-state index >= 15 is 0 Å². The molecule has 2 unspecified atom stereocenters. The van der Waals surface area contributed by atoms with E-state index in [4.69, 9.17) is 11.6 Å². The molecule has 0 radical (unpaired) electrons. The average molecular weight is 319 g/mol. The Kier molecular flexibility index (Phi) is 4.45. The normalized spacial score (nSPS) is 21.5. The molecule has 0 spiro atoms. The number of nitrogens with one attached hydrogen (secondary N) is 2. The quantitative estimate of drug-likeness (QED) is 0.913. The van der Waals surface area contributed by atoms with Gasteiger partial charge in [0.25, 0.3) is 5.91 Å². The summed E-state index contributed by atoms with van der Waals surface area (Å²) < 4.78 is 1.66. The van der Waals surface area contributed by atoms with E-state index < -0.39 is 0 Å². The number of carbonyl (C=O) groups excluding carboxylic acids is 1. The summed E-state index contributed by atoms with van der Waals surface area (Å²) in [5.74, 6) is -0.138. The van der Waals surface area contributed by atoms with Crippen LogP contribution in [0, 0.1) is 0 Å². The molecule has 1 amide bonds. The van der Waals surface area contributed by atoms with Gasteiger partial charge in [0, 0.05) is 23.3 Å². The van der Waals surface area contributed by atoms with Gasteiger partial charge in [-0.3, -0.25) is 4.79 Å². The topological polar surface area (TPSA) is 58.9 Å². The molecular weight excluding hydrogens is 300 g/mol. The summed E-state index contributed by atoms with van der Waals surface area (Å²) in [5.41, 5.74) is 1.25. The molecule has 22 heavy (non-hydrogen) atoms. The summed E-state index contributed by atoms with van der Waals surface area (Å²) >= 11 is 5.98. The molecule has 116 valence electrons. The maximum Gasteiger partial charge on any atom is 0.272 e. The number of carbonyl (C=O) groups is 1. The van der Waals surface area contributed by atoms with E-state index in [0.717, 1.165) is 25.1 Å². The van der Waals surface area contributed by atoms with Crippen molar-refractivity contribution < 1.29 is 4.79 Å². The van der Waals surface area contributed by atoms with Crippen LogP contribution < -0.4 is 10.6 Å². The molecule has 2 aromatic rings. The summed E-state index contributed by atoms with van der Waals surface area (Å²) in [4.78, 5) is 12.3. The molecule has 2 N–H and O–H groups in total. The lowest BCUT2D eigenvalue weighted by Gasteiger charge is -2.30. The Morgan fingerprint density at radius 3 is 3.09 bits per heavy atom. The minimum absolute atomic E-state index is 0.138. The fourth-order valence-electron chi connectivity index (χ4n) is 2.69. The van der Waals surface area contributed by atoms with Gasteiger partial charge in [0.1, 0.15) is 0 Å². The lowest BCUT2D eigenvalue weighted by Crippen LogP contribution is -2.52. The van der Waals surface area contributed by atoms with Crippen molar-refractivity contribution in [3.8, 4) is 5.69 Å². The first-order valence-corrected chi connectivity index (χ1v) is 7.87. The Balaban J connectivity index is 1.71. The van der Waals surface area contributed by atoms with Crippen LogP contribution in [0.25, 0.3) is 5.69 Å². The van der Waals surface area contributed by atoms with Crippen LogP contribution in [0.15, 0.2) is 36.5 Å². The smallest absolute Gasteiger partial charge is 0.272 e. The molecule has 1 aliphatic heterocycles. The molecule has 6 heteroatoms. The number of benzene rings is 1. The molecule has 3 rings (SSSR count). The Morgan fingerprint density at radius 1 is 1.45 bits per heavy atom. The molecule has 5 nitrogen and oxygen atoms in total. The molecule has 1 aromatic heterocycles. The highest BCUT2D eigenvalue weighted by atomic mass is 35.5. The van der Waals surface area contributed by atoms with E-state index in [-0.39, 0.29) is 18.0 Å². The first kappa shape index (κ1) is 15.1. The third kappa shape index (κ3) is 3.31. The van der Waals surface area contributed by atoms with Gasteiger partial charge >= 0.3 is 0 Å². The standard InChI is InChI=1S/C16H19ClN4O/c1-11-14(6-3-8-18-11)19-16(22)15-7-9-21(20-15)13-5-2-4-12(17)10-13/h2,4-5,7,9-11,14,18H,3,6,8H2,1H3,(H,19,22). The van der Waals surface area contributed by atoms with E-state index in [2.05, 4.69) is 22.7 Å². The minimum atomic E-state index is -0.138. The van der Waals surface area contributed by atoms with Crippen molar-refractivity contribution in [2.24, 2.45) is 0 Å². The second kappa shape index (κ2) is 6.50. The zero-order valence-corrected chi connectivity index (χ0v) is 13.2. The highest BCUT2D eigenvalue weighted by Crippen LogP contribution is 2.15. The minimum Gasteiger partial charge on any atom is -0.346 e. The highest BCUT2D eigenvalue weighted by Gasteiger charge is 2.23. The summed E-state index contributed by atoms with van der Waals surface area (Å²) in [6, 6.07) is 9.52. The van der Waals surface area contributed by atoms with Crippen molar-refractivity contribution in [2.75, 3.05) is 6.54 Å². The monoisotopic (exact) mass is 318 g/mol. The summed E-state index contributed by atoms with van der Waals surface area (Å²) in [7, 11) is 0. The van der Waals surface area contributed by atoms with Gasteiger partial charge in [0.15, 0.2) is 5.69 Å². The molecule has 0 bridgehead atoms. The molecule has 1 saturated heterocycles. The lowest BCUT2D eigenvalue weighted by molar-refractivity contribution is 0.0914. The maximum atomic E-state index is 12.3. The predicted molar refractivity (Wildman–Crippen MR) is 86.5 cm³/mol. The molecule has 1 aliphatic rings. The fourth-order valence-corrected chi connectivity index (χ4v) is 2.88. The molecule has 2 atom stereocenters. The van der Waals surface area contributed by atoms with Gasteiger partial charge in [0.2, 0.25) is 0 Å². The number of hydrogen-bond acceptors (Lipinski definition) is 3. The summed E-state index contributed by atoms with van der Waals surface area (Å²) in [6.45, 7) is 3.10. The van der Waals surface area contributed by atoms with E-state index in [1.165, 1.54) is 0 Å². The number of halogens is 1. The van der Waals surface area contributed by atoms with Crippen molar-refractivity contribution >= 4 is 17.5 Å². The van der Waals surface area contributed by atoms with Gasteiger partial charge < -0.3 is 10.6 Å². The molecule has 1 aromatic carbocycles. The molecule has 1 fully saturated rings. The summed E-state index contributed by atoms with van der Waals surface area (Å²) in [5, 5.41) is 11.4. The van der Waals surface area contributed by atoms with Crippen LogP contribution in [0.4, 0.5) is 0 Å². The van der Waals surface area contributed by atoms with Crippen LogP contribution >= 0.6 is 11.6 Å². The zero-order chi connectivity index (χ0) is 15.5. The van der Waals surface area contributed by atoms with Gasteiger partial charge in [-0.25, -0.2) is 4.68 Å². The van der Waals surface area contributed by atoms with Crippen LogP contribution in [0.1, 0.15) is 30.3 Å². The van der Waals surface area contributed by atoms with Gasteiger partial charge in [-0.05, 0) is 50.6 Å². The largest absolute Gasteiger partial charge is 0.346 e. The zero-order valence-electron chi connectivity index (χ0n) is 12.4. The number of aromatic nitrogens is 2. The van der Waals surface area contributed by atoms with Gasteiger partial charge in [-0.15, -0.1) is 0 Å². The van der Waals surface area contributed by atoms with E-state index in [0.29, 0.717) is 10.7 Å². The third-order valence-corrected chi connectivity index (χ3v) is 4.21. The van der Waals surface area contributed by atoms with Crippen molar-refractivity contribution in [3.63, 3.8) is 0 Å². The molecular formula is C16H19ClN4O. The van der Waals surface area contributed by atoms with Crippen molar-refractivity contribution in [1.82, 2.24) is 20.4 Å². The van der Waals surface area contributed by atoms with Gasteiger partial charge in [0.05, 0.1) is 5.69 Å².